The lowest BCUT2D eigenvalue weighted by Crippen LogP contribution is -2.30. The third-order valence-corrected chi connectivity index (χ3v) is 3.53. The Morgan fingerprint density at radius 3 is 2.90 bits per heavy atom. The molecule has 0 bridgehead atoms. The quantitative estimate of drug-likeness (QED) is 0.740. The first-order valence-electron chi connectivity index (χ1n) is 5.93. The van der Waals surface area contributed by atoms with Gasteiger partial charge < -0.3 is 9.90 Å². The second-order valence-corrected chi connectivity index (χ2v) is 5.09. The zero-order valence-electron chi connectivity index (χ0n) is 10.4. The van der Waals surface area contributed by atoms with Crippen LogP contribution in [0.3, 0.4) is 0 Å². The molecule has 2 amide bonds. The predicted molar refractivity (Wildman–Crippen MR) is 71.2 cm³/mol. The van der Waals surface area contributed by atoms with Crippen LogP contribution in [-0.2, 0) is 9.59 Å². The van der Waals surface area contributed by atoms with Crippen molar-refractivity contribution in [1.82, 2.24) is 9.88 Å². The fourth-order valence-corrected chi connectivity index (χ4v) is 2.55. The average Bonchev–Trinajstić information content (AvgIpc) is 2.67. The van der Waals surface area contributed by atoms with Crippen LogP contribution >= 0.6 is 11.8 Å². The van der Waals surface area contributed by atoms with Gasteiger partial charge >= 0.3 is 0 Å². The maximum absolute atomic E-state index is 12.0. The highest BCUT2D eigenvalue weighted by molar-refractivity contribution is 8.18. The molecule has 7 heteroatoms. The molecular weight excluding hydrogens is 280 g/mol. The van der Waals surface area contributed by atoms with E-state index < -0.39 is 11.9 Å². The molecule has 1 aliphatic rings. The molecule has 104 valence electrons. The van der Waals surface area contributed by atoms with Crippen LogP contribution in [0.4, 0.5) is 4.79 Å². The van der Waals surface area contributed by atoms with Gasteiger partial charge in [-0.1, -0.05) is 6.07 Å². The maximum atomic E-state index is 12.0. The standard InChI is InChI=1S/C13H12N2O4S/c16-11(17)4-2-6-15-12(18)10(20-13(15)19)7-9-3-1-5-14-8-9/h1,3,5,7-8H,2,4,6H2,(H,16,17)/p-1/b10-7+. The predicted octanol–water partition coefficient (Wildman–Crippen LogP) is 0.648. The number of hydrogen-bond donors (Lipinski definition) is 0. The first-order valence-corrected chi connectivity index (χ1v) is 6.75. The Morgan fingerprint density at radius 2 is 2.25 bits per heavy atom. The Morgan fingerprint density at radius 1 is 1.45 bits per heavy atom. The molecule has 0 unspecified atom stereocenters. The molecule has 1 aromatic heterocycles. The number of carbonyl (C=O) groups is 3. The molecule has 0 N–H and O–H groups in total. The van der Waals surface area contributed by atoms with Gasteiger partial charge in [0.2, 0.25) is 0 Å². The zero-order valence-corrected chi connectivity index (χ0v) is 11.3. The topological polar surface area (TPSA) is 90.4 Å². The molecule has 6 nitrogen and oxygen atoms in total. The van der Waals surface area contributed by atoms with Crippen molar-refractivity contribution in [2.45, 2.75) is 12.8 Å². The Balaban J connectivity index is 2.05. The number of rotatable bonds is 5. The zero-order chi connectivity index (χ0) is 14.5. The van der Waals surface area contributed by atoms with Crippen LogP contribution in [0.2, 0.25) is 0 Å². The molecule has 0 aromatic carbocycles. The lowest BCUT2D eigenvalue weighted by molar-refractivity contribution is -0.305. The molecule has 0 spiro atoms. The van der Waals surface area contributed by atoms with E-state index in [1.54, 1.807) is 30.6 Å². The fourth-order valence-electron chi connectivity index (χ4n) is 1.69. The summed E-state index contributed by atoms with van der Waals surface area (Å²) in [6.45, 7) is 0.0863. The number of nitrogens with zero attached hydrogens (tertiary/aromatic N) is 2. The van der Waals surface area contributed by atoms with Crippen molar-refractivity contribution in [3.8, 4) is 0 Å². The third-order valence-electron chi connectivity index (χ3n) is 2.62. The maximum Gasteiger partial charge on any atom is 0.293 e. The first kappa shape index (κ1) is 14.3. The van der Waals surface area contributed by atoms with Crippen LogP contribution in [0.25, 0.3) is 6.08 Å². The van der Waals surface area contributed by atoms with Crippen molar-refractivity contribution >= 4 is 35.0 Å². The Bertz CT molecular complexity index is 571. The minimum Gasteiger partial charge on any atom is -0.550 e. The summed E-state index contributed by atoms with van der Waals surface area (Å²) in [6.07, 6.45) is 4.81. The number of carboxylic acids is 1. The molecule has 0 atom stereocenters. The molecule has 2 rings (SSSR count). The van der Waals surface area contributed by atoms with E-state index >= 15 is 0 Å². The summed E-state index contributed by atoms with van der Waals surface area (Å²) in [4.78, 5) is 39.3. The van der Waals surface area contributed by atoms with E-state index in [0.29, 0.717) is 4.91 Å². The fraction of sp³-hybridized carbons (Fsp3) is 0.231. The van der Waals surface area contributed by atoms with Gasteiger partial charge in [0, 0.05) is 24.9 Å². The van der Waals surface area contributed by atoms with Crippen LogP contribution in [-0.4, -0.2) is 33.5 Å². The van der Waals surface area contributed by atoms with Crippen molar-refractivity contribution in [3.05, 3.63) is 35.0 Å². The van der Waals surface area contributed by atoms with Gasteiger partial charge in [-0.3, -0.25) is 19.5 Å². The van der Waals surface area contributed by atoms with E-state index in [1.165, 1.54) is 0 Å². The van der Waals surface area contributed by atoms with Crippen LogP contribution in [0.15, 0.2) is 29.4 Å². The van der Waals surface area contributed by atoms with E-state index in [1.807, 2.05) is 0 Å². The highest BCUT2D eigenvalue weighted by Gasteiger charge is 2.34. The molecular formula is C13H11N2O4S-. The minimum absolute atomic E-state index is 0.0863. The van der Waals surface area contributed by atoms with Crippen LogP contribution in [0.1, 0.15) is 18.4 Å². The van der Waals surface area contributed by atoms with Crippen LogP contribution in [0.5, 0.6) is 0 Å². The average molecular weight is 291 g/mol. The molecule has 1 saturated heterocycles. The summed E-state index contributed by atoms with van der Waals surface area (Å²) >= 11 is 0.843. The number of imide groups is 1. The largest absolute Gasteiger partial charge is 0.550 e. The van der Waals surface area contributed by atoms with E-state index in [9.17, 15) is 19.5 Å². The van der Waals surface area contributed by atoms with Crippen LogP contribution < -0.4 is 5.11 Å². The van der Waals surface area contributed by atoms with Gasteiger partial charge in [0.05, 0.1) is 4.91 Å². The number of aliphatic carboxylic acids is 1. The molecule has 2 heterocycles. The summed E-state index contributed by atoms with van der Waals surface area (Å²) < 4.78 is 0. The second kappa shape index (κ2) is 6.33. The highest BCUT2D eigenvalue weighted by Crippen LogP contribution is 2.32. The van der Waals surface area contributed by atoms with Gasteiger partial charge in [0.25, 0.3) is 11.1 Å². The number of thioether (sulfide) groups is 1. The van der Waals surface area contributed by atoms with E-state index in [2.05, 4.69) is 4.98 Å². The molecule has 0 saturated carbocycles. The Labute approximate surface area is 119 Å². The van der Waals surface area contributed by atoms with Crippen molar-refractivity contribution < 1.29 is 19.5 Å². The second-order valence-electron chi connectivity index (χ2n) is 4.10. The molecule has 1 aromatic rings. The van der Waals surface area contributed by atoms with E-state index in [-0.39, 0.29) is 24.6 Å². The number of carbonyl (C=O) groups excluding carboxylic acids is 3. The molecule has 0 radical (unpaired) electrons. The number of carboxylic acid groups (broad SMARTS) is 1. The summed E-state index contributed by atoms with van der Waals surface area (Å²) in [7, 11) is 0. The molecule has 1 fully saturated rings. The van der Waals surface area contributed by atoms with Crippen molar-refractivity contribution in [2.75, 3.05) is 6.54 Å². The normalized spacial score (nSPS) is 17.0. The number of aromatic nitrogens is 1. The Hall–Kier alpha value is -2.15. The minimum atomic E-state index is -1.19. The monoisotopic (exact) mass is 291 g/mol. The summed E-state index contributed by atoms with van der Waals surface area (Å²) in [5.41, 5.74) is 0.729. The molecule has 0 aliphatic carbocycles. The van der Waals surface area contributed by atoms with Crippen molar-refractivity contribution in [3.63, 3.8) is 0 Å². The van der Waals surface area contributed by atoms with Gasteiger partial charge in [-0.05, 0) is 42.3 Å². The van der Waals surface area contributed by atoms with Crippen molar-refractivity contribution in [2.24, 2.45) is 0 Å². The highest BCUT2D eigenvalue weighted by atomic mass is 32.2. The number of pyridine rings is 1. The van der Waals surface area contributed by atoms with Crippen molar-refractivity contribution in [1.29, 1.82) is 0 Å². The van der Waals surface area contributed by atoms with Gasteiger partial charge in [-0.15, -0.1) is 0 Å². The summed E-state index contributed by atoms with van der Waals surface area (Å²) in [5, 5.41) is 9.93. The Kier molecular flexibility index (Phi) is 4.52. The van der Waals surface area contributed by atoms with E-state index in [0.717, 1.165) is 22.2 Å². The smallest absolute Gasteiger partial charge is 0.293 e. The third kappa shape index (κ3) is 3.45. The number of hydrogen-bond acceptors (Lipinski definition) is 6. The van der Waals surface area contributed by atoms with Gasteiger partial charge in [0.1, 0.15) is 0 Å². The van der Waals surface area contributed by atoms with Crippen LogP contribution in [0, 0.1) is 0 Å². The lowest BCUT2D eigenvalue weighted by Gasteiger charge is -2.12. The molecule has 20 heavy (non-hydrogen) atoms. The SMILES string of the molecule is O=C([O-])CCCN1C(=O)S/C(=C/c2cccnc2)C1=O. The van der Waals surface area contributed by atoms with Gasteiger partial charge in [-0.2, -0.15) is 0 Å². The van der Waals surface area contributed by atoms with Gasteiger partial charge in [0.15, 0.2) is 0 Å². The first-order chi connectivity index (χ1) is 9.58. The van der Waals surface area contributed by atoms with E-state index in [4.69, 9.17) is 0 Å². The summed E-state index contributed by atoms with van der Waals surface area (Å²) in [6, 6.07) is 3.51. The summed E-state index contributed by atoms with van der Waals surface area (Å²) in [5.74, 6) is -1.59. The lowest BCUT2D eigenvalue weighted by atomic mass is 10.2. The molecule has 1 aliphatic heterocycles. The van der Waals surface area contributed by atoms with Gasteiger partial charge in [-0.25, -0.2) is 0 Å². The number of amides is 2.